The predicted octanol–water partition coefficient (Wildman–Crippen LogP) is 3.32. The van der Waals surface area contributed by atoms with Crippen molar-refractivity contribution in [2.45, 2.75) is 27.2 Å². The summed E-state index contributed by atoms with van der Waals surface area (Å²) in [6, 6.07) is 3.88. The largest absolute Gasteiger partial charge is 0.396 e. The second kappa shape index (κ2) is 4.40. The second-order valence-electron chi connectivity index (χ2n) is 4.44. The second-order valence-corrected chi connectivity index (χ2v) is 4.44. The third-order valence-corrected chi connectivity index (χ3v) is 2.89. The van der Waals surface area contributed by atoms with Crippen LogP contribution < -0.4 is 5.73 Å². The zero-order chi connectivity index (χ0) is 13.4. The molecule has 1 heterocycles. The van der Waals surface area contributed by atoms with Crippen molar-refractivity contribution in [3.63, 3.8) is 0 Å². The van der Waals surface area contributed by atoms with Crippen molar-refractivity contribution < 1.29 is 8.78 Å². The Kier molecular flexibility index (Phi) is 3.07. The van der Waals surface area contributed by atoms with Gasteiger partial charge in [-0.3, -0.25) is 0 Å². The quantitative estimate of drug-likeness (QED) is 0.889. The first-order chi connectivity index (χ1) is 8.41. The van der Waals surface area contributed by atoms with Gasteiger partial charge in [0.2, 0.25) is 0 Å². The Morgan fingerprint density at radius 1 is 1.17 bits per heavy atom. The summed E-state index contributed by atoms with van der Waals surface area (Å²) in [6.45, 7) is 5.72. The third-order valence-electron chi connectivity index (χ3n) is 2.89. The first kappa shape index (κ1) is 12.5. The van der Waals surface area contributed by atoms with Crippen LogP contribution in [0.5, 0.6) is 0 Å². The smallest absolute Gasteiger partial charge is 0.282 e. The van der Waals surface area contributed by atoms with E-state index in [0.717, 1.165) is 16.7 Å². The molecular weight excluding hydrogens is 236 g/mol. The van der Waals surface area contributed by atoms with Crippen LogP contribution in [-0.4, -0.2) is 9.78 Å². The minimum Gasteiger partial charge on any atom is -0.396 e. The number of hydrogen-bond donors (Lipinski definition) is 1. The van der Waals surface area contributed by atoms with Gasteiger partial charge in [0.1, 0.15) is 5.69 Å². The summed E-state index contributed by atoms with van der Waals surface area (Å²) in [5.74, 6) is 0. The van der Waals surface area contributed by atoms with Crippen LogP contribution in [0, 0.1) is 20.8 Å². The van der Waals surface area contributed by atoms with Gasteiger partial charge < -0.3 is 5.73 Å². The molecule has 0 aliphatic heterocycles. The maximum Gasteiger partial charge on any atom is 0.282 e. The van der Waals surface area contributed by atoms with Crippen LogP contribution >= 0.6 is 0 Å². The van der Waals surface area contributed by atoms with Crippen molar-refractivity contribution in [2.75, 3.05) is 5.73 Å². The summed E-state index contributed by atoms with van der Waals surface area (Å²) >= 11 is 0. The van der Waals surface area contributed by atoms with Crippen LogP contribution in [0.1, 0.15) is 28.8 Å². The number of nitrogen functional groups attached to an aromatic ring is 1. The van der Waals surface area contributed by atoms with Gasteiger partial charge in [-0.25, -0.2) is 13.5 Å². The highest BCUT2D eigenvalue weighted by Gasteiger charge is 2.21. The molecule has 0 saturated heterocycles. The summed E-state index contributed by atoms with van der Waals surface area (Å²) in [5, 5.41) is 3.97. The van der Waals surface area contributed by atoms with Gasteiger partial charge in [0, 0.05) is 0 Å². The highest BCUT2D eigenvalue weighted by atomic mass is 19.3. The molecule has 18 heavy (non-hydrogen) atoms. The van der Waals surface area contributed by atoms with E-state index in [4.69, 9.17) is 5.73 Å². The Morgan fingerprint density at radius 2 is 1.72 bits per heavy atom. The Balaban J connectivity index is 2.70. The topological polar surface area (TPSA) is 43.8 Å². The highest BCUT2D eigenvalue weighted by Crippen LogP contribution is 2.30. The molecule has 0 bridgehead atoms. The minimum atomic E-state index is -2.65. The Hall–Kier alpha value is -1.91. The Bertz CT molecular complexity index is 565. The van der Waals surface area contributed by atoms with Crippen LogP contribution in [0.4, 0.5) is 14.5 Å². The normalized spacial score (nSPS) is 11.2. The molecule has 1 aromatic carbocycles. The van der Waals surface area contributed by atoms with Crippen molar-refractivity contribution in [2.24, 2.45) is 0 Å². The number of aromatic nitrogens is 2. The molecule has 96 valence electrons. The number of hydrogen-bond acceptors (Lipinski definition) is 2. The lowest BCUT2D eigenvalue weighted by atomic mass is 10.1. The molecule has 0 atom stereocenters. The number of aryl methyl sites for hydroxylation is 3. The van der Waals surface area contributed by atoms with E-state index in [1.54, 1.807) is 0 Å². The van der Waals surface area contributed by atoms with E-state index >= 15 is 0 Å². The lowest BCUT2D eigenvalue weighted by molar-refractivity contribution is 0.143. The standard InChI is InChI=1S/C13H15F2N3/c1-7-4-8(2)11(9(3)5-7)18-12(13(14)15)10(16)6-17-18/h4-6,13H,16H2,1-3H3. The number of anilines is 1. The summed E-state index contributed by atoms with van der Waals surface area (Å²) < 4.78 is 27.3. The molecule has 0 radical (unpaired) electrons. The molecule has 0 saturated carbocycles. The van der Waals surface area contributed by atoms with Gasteiger partial charge in [-0.1, -0.05) is 17.7 Å². The molecule has 0 spiro atoms. The van der Waals surface area contributed by atoms with Gasteiger partial charge in [0.05, 0.1) is 17.6 Å². The van der Waals surface area contributed by atoms with Crippen LogP contribution in [0.25, 0.3) is 5.69 Å². The van der Waals surface area contributed by atoms with Crippen LogP contribution in [0.15, 0.2) is 18.3 Å². The van der Waals surface area contributed by atoms with E-state index in [1.165, 1.54) is 10.9 Å². The van der Waals surface area contributed by atoms with Crippen LogP contribution in [0.2, 0.25) is 0 Å². The number of nitrogens with two attached hydrogens (primary N) is 1. The summed E-state index contributed by atoms with van der Waals surface area (Å²) in [4.78, 5) is 0. The average Bonchev–Trinajstić information content (AvgIpc) is 2.58. The van der Waals surface area contributed by atoms with E-state index < -0.39 is 6.43 Å². The molecule has 2 aromatic rings. The number of benzene rings is 1. The van der Waals surface area contributed by atoms with Crippen molar-refractivity contribution in [3.8, 4) is 5.69 Å². The molecule has 0 amide bonds. The molecule has 2 N–H and O–H groups in total. The lowest BCUT2D eigenvalue weighted by Crippen LogP contribution is -2.08. The fraction of sp³-hybridized carbons (Fsp3) is 0.308. The van der Waals surface area contributed by atoms with Gasteiger partial charge >= 0.3 is 0 Å². The molecule has 0 unspecified atom stereocenters. The molecule has 0 fully saturated rings. The van der Waals surface area contributed by atoms with Crippen molar-refractivity contribution >= 4 is 5.69 Å². The molecule has 0 aliphatic carbocycles. The number of nitrogens with zero attached hydrogens (tertiary/aromatic N) is 2. The molecular formula is C13H15F2N3. The summed E-state index contributed by atoms with van der Waals surface area (Å²) in [7, 11) is 0. The van der Waals surface area contributed by atoms with Gasteiger partial charge in [-0.2, -0.15) is 5.10 Å². The van der Waals surface area contributed by atoms with Crippen molar-refractivity contribution in [1.82, 2.24) is 9.78 Å². The van der Waals surface area contributed by atoms with Crippen LogP contribution in [-0.2, 0) is 0 Å². The van der Waals surface area contributed by atoms with Crippen LogP contribution in [0.3, 0.4) is 0 Å². The first-order valence-corrected chi connectivity index (χ1v) is 5.61. The first-order valence-electron chi connectivity index (χ1n) is 5.61. The van der Waals surface area contributed by atoms with E-state index in [0.29, 0.717) is 5.69 Å². The summed E-state index contributed by atoms with van der Waals surface area (Å²) in [5.41, 5.74) is 8.88. The fourth-order valence-electron chi connectivity index (χ4n) is 2.27. The molecule has 3 nitrogen and oxygen atoms in total. The third kappa shape index (κ3) is 1.96. The van der Waals surface area contributed by atoms with Gasteiger partial charge in [0.25, 0.3) is 6.43 Å². The predicted molar refractivity (Wildman–Crippen MR) is 67.1 cm³/mol. The number of alkyl halides is 2. The zero-order valence-electron chi connectivity index (χ0n) is 10.5. The Morgan fingerprint density at radius 3 is 2.22 bits per heavy atom. The monoisotopic (exact) mass is 251 g/mol. The Labute approximate surface area is 104 Å². The maximum absolute atomic E-state index is 13.0. The number of rotatable bonds is 2. The van der Waals surface area contributed by atoms with Gasteiger partial charge in [-0.15, -0.1) is 0 Å². The molecule has 5 heteroatoms. The fourth-order valence-corrected chi connectivity index (χ4v) is 2.27. The highest BCUT2D eigenvalue weighted by molar-refractivity contribution is 5.53. The SMILES string of the molecule is Cc1cc(C)c(-n2ncc(N)c2C(F)F)c(C)c1. The average molecular weight is 251 g/mol. The maximum atomic E-state index is 13.0. The van der Waals surface area contributed by atoms with E-state index in [9.17, 15) is 8.78 Å². The van der Waals surface area contributed by atoms with Crippen molar-refractivity contribution in [1.29, 1.82) is 0 Å². The van der Waals surface area contributed by atoms with E-state index in [2.05, 4.69) is 5.10 Å². The van der Waals surface area contributed by atoms with E-state index in [1.807, 2.05) is 32.9 Å². The zero-order valence-corrected chi connectivity index (χ0v) is 10.5. The van der Waals surface area contributed by atoms with Gasteiger partial charge in [0.15, 0.2) is 0 Å². The van der Waals surface area contributed by atoms with Crippen molar-refractivity contribution in [3.05, 3.63) is 40.7 Å². The molecule has 1 aromatic heterocycles. The lowest BCUT2D eigenvalue weighted by Gasteiger charge is -2.14. The van der Waals surface area contributed by atoms with Gasteiger partial charge in [-0.05, 0) is 31.9 Å². The number of halogens is 2. The van der Waals surface area contributed by atoms with E-state index in [-0.39, 0.29) is 11.4 Å². The minimum absolute atomic E-state index is 0.0179. The molecule has 2 rings (SSSR count). The molecule has 0 aliphatic rings. The summed E-state index contributed by atoms with van der Waals surface area (Å²) in [6.07, 6.45) is -1.38.